The number of rotatable bonds is 3. The van der Waals surface area contributed by atoms with Crippen LogP contribution >= 0.6 is 11.3 Å². The number of aliphatic hydroxyl groups is 1. The van der Waals surface area contributed by atoms with Gasteiger partial charge in [0.1, 0.15) is 0 Å². The molecule has 0 saturated carbocycles. The Bertz CT molecular complexity index is 564. The second kappa shape index (κ2) is 5.14. The molecule has 1 amide bonds. The molecule has 3 heterocycles. The average molecular weight is 278 g/mol. The monoisotopic (exact) mass is 278 g/mol. The molecular formula is C13H14N2O3S. The third-order valence-electron chi connectivity index (χ3n) is 3.32. The standard InChI is InChI=1S/C13H14N2O3S/c16-8-9-3-4-15(7-9)13(17)10-6-11(18-14-10)12-2-1-5-19-12/h1-2,5-6,9,16H,3-4,7-8H2. The lowest BCUT2D eigenvalue weighted by Gasteiger charge is -2.13. The molecule has 0 aromatic carbocycles. The molecule has 0 spiro atoms. The molecule has 1 saturated heterocycles. The van der Waals surface area contributed by atoms with E-state index in [2.05, 4.69) is 5.16 Å². The van der Waals surface area contributed by atoms with Crippen molar-refractivity contribution in [2.24, 2.45) is 5.92 Å². The number of amides is 1. The predicted molar refractivity (Wildman–Crippen MR) is 70.9 cm³/mol. The molecule has 2 aromatic heterocycles. The van der Waals surface area contributed by atoms with Gasteiger partial charge in [-0.3, -0.25) is 4.79 Å². The van der Waals surface area contributed by atoms with Gasteiger partial charge in [0.15, 0.2) is 11.5 Å². The summed E-state index contributed by atoms with van der Waals surface area (Å²) >= 11 is 1.55. The lowest BCUT2D eigenvalue weighted by molar-refractivity contribution is 0.0771. The minimum atomic E-state index is -0.123. The summed E-state index contributed by atoms with van der Waals surface area (Å²) in [7, 11) is 0. The lowest BCUT2D eigenvalue weighted by atomic mass is 10.1. The second-order valence-corrected chi connectivity index (χ2v) is 5.59. The minimum absolute atomic E-state index is 0.123. The Morgan fingerprint density at radius 1 is 1.63 bits per heavy atom. The first-order valence-corrected chi connectivity index (χ1v) is 7.06. The highest BCUT2D eigenvalue weighted by Gasteiger charge is 2.28. The van der Waals surface area contributed by atoms with Crippen LogP contribution in [0.4, 0.5) is 0 Å². The molecule has 6 heteroatoms. The van der Waals surface area contributed by atoms with Gasteiger partial charge >= 0.3 is 0 Å². The highest BCUT2D eigenvalue weighted by molar-refractivity contribution is 7.13. The largest absolute Gasteiger partial charge is 0.396 e. The van der Waals surface area contributed by atoms with E-state index in [1.165, 1.54) is 0 Å². The fourth-order valence-electron chi connectivity index (χ4n) is 2.24. The third-order valence-corrected chi connectivity index (χ3v) is 4.21. The van der Waals surface area contributed by atoms with E-state index in [-0.39, 0.29) is 18.4 Å². The Balaban J connectivity index is 1.74. The molecule has 1 atom stereocenters. The van der Waals surface area contributed by atoms with Crippen LogP contribution < -0.4 is 0 Å². The first-order chi connectivity index (χ1) is 9.28. The van der Waals surface area contributed by atoms with Crippen LogP contribution in [0.15, 0.2) is 28.1 Å². The average Bonchev–Trinajstić information content (AvgIpc) is 3.16. The van der Waals surface area contributed by atoms with Crippen molar-refractivity contribution in [1.82, 2.24) is 10.1 Å². The van der Waals surface area contributed by atoms with Gasteiger partial charge in [-0.15, -0.1) is 11.3 Å². The highest BCUT2D eigenvalue weighted by Crippen LogP contribution is 2.26. The zero-order chi connectivity index (χ0) is 13.2. The zero-order valence-corrected chi connectivity index (χ0v) is 11.1. The predicted octanol–water partition coefficient (Wildman–Crippen LogP) is 1.86. The molecule has 0 aliphatic carbocycles. The van der Waals surface area contributed by atoms with Crippen LogP contribution in [0.1, 0.15) is 16.9 Å². The fraction of sp³-hybridized carbons (Fsp3) is 0.385. The maximum absolute atomic E-state index is 12.2. The highest BCUT2D eigenvalue weighted by atomic mass is 32.1. The molecule has 1 fully saturated rings. The van der Waals surface area contributed by atoms with E-state index in [1.54, 1.807) is 22.3 Å². The molecule has 0 bridgehead atoms. The summed E-state index contributed by atoms with van der Waals surface area (Å²) in [5.41, 5.74) is 0.335. The summed E-state index contributed by atoms with van der Waals surface area (Å²) in [6, 6.07) is 5.54. The number of hydrogen-bond acceptors (Lipinski definition) is 5. The van der Waals surface area contributed by atoms with Crippen LogP contribution in [0.2, 0.25) is 0 Å². The SMILES string of the molecule is O=C(c1cc(-c2cccs2)on1)N1CCC(CO)C1. The molecule has 1 N–H and O–H groups in total. The van der Waals surface area contributed by atoms with Crippen molar-refractivity contribution in [3.63, 3.8) is 0 Å². The molecule has 1 unspecified atom stereocenters. The maximum atomic E-state index is 12.2. The molecule has 5 nitrogen and oxygen atoms in total. The van der Waals surface area contributed by atoms with Crippen LogP contribution in [0, 0.1) is 5.92 Å². The first kappa shape index (κ1) is 12.4. The molecule has 19 heavy (non-hydrogen) atoms. The number of carbonyl (C=O) groups excluding carboxylic acids is 1. The molecule has 1 aliphatic heterocycles. The van der Waals surface area contributed by atoms with Crippen LogP contribution in [0.3, 0.4) is 0 Å². The van der Waals surface area contributed by atoms with Gasteiger partial charge in [-0.2, -0.15) is 0 Å². The number of nitrogens with zero attached hydrogens (tertiary/aromatic N) is 2. The Kier molecular flexibility index (Phi) is 3.35. The minimum Gasteiger partial charge on any atom is -0.396 e. The summed E-state index contributed by atoms with van der Waals surface area (Å²) in [6.45, 7) is 1.39. The van der Waals surface area contributed by atoms with E-state index in [0.29, 0.717) is 24.5 Å². The van der Waals surface area contributed by atoms with Gasteiger partial charge in [-0.1, -0.05) is 11.2 Å². The fourth-order valence-corrected chi connectivity index (χ4v) is 2.91. The number of likely N-dealkylation sites (tertiary alicyclic amines) is 1. The Labute approximate surface area is 114 Å². The van der Waals surface area contributed by atoms with Crippen LogP contribution in [0.5, 0.6) is 0 Å². The van der Waals surface area contributed by atoms with Gasteiger partial charge in [-0.05, 0) is 17.9 Å². The summed E-state index contributed by atoms with van der Waals surface area (Å²) in [5.74, 6) is 0.686. The maximum Gasteiger partial charge on any atom is 0.276 e. The van der Waals surface area contributed by atoms with Crippen molar-refractivity contribution in [3.05, 3.63) is 29.3 Å². The second-order valence-electron chi connectivity index (χ2n) is 4.64. The first-order valence-electron chi connectivity index (χ1n) is 6.18. The normalized spacial score (nSPS) is 19.0. The summed E-state index contributed by atoms with van der Waals surface area (Å²) in [6.07, 6.45) is 0.845. The number of carbonyl (C=O) groups is 1. The molecule has 100 valence electrons. The van der Waals surface area contributed by atoms with E-state index in [1.807, 2.05) is 17.5 Å². The Morgan fingerprint density at radius 2 is 2.53 bits per heavy atom. The van der Waals surface area contributed by atoms with Gasteiger partial charge in [0.2, 0.25) is 0 Å². The van der Waals surface area contributed by atoms with Crippen molar-refractivity contribution < 1.29 is 14.4 Å². The van der Waals surface area contributed by atoms with E-state index >= 15 is 0 Å². The summed E-state index contributed by atoms with van der Waals surface area (Å²) in [4.78, 5) is 14.9. The smallest absolute Gasteiger partial charge is 0.276 e. The van der Waals surface area contributed by atoms with E-state index in [4.69, 9.17) is 9.63 Å². The Hall–Kier alpha value is -1.66. The summed E-state index contributed by atoms with van der Waals surface area (Å²) < 4.78 is 5.21. The van der Waals surface area contributed by atoms with Crippen LogP contribution in [-0.4, -0.2) is 40.8 Å². The van der Waals surface area contributed by atoms with Crippen molar-refractivity contribution in [2.45, 2.75) is 6.42 Å². The number of aromatic nitrogens is 1. The molecular weight excluding hydrogens is 264 g/mol. The zero-order valence-electron chi connectivity index (χ0n) is 10.3. The van der Waals surface area contributed by atoms with E-state index < -0.39 is 0 Å². The quantitative estimate of drug-likeness (QED) is 0.930. The topological polar surface area (TPSA) is 66.6 Å². The van der Waals surface area contributed by atoms with Gasteiger partial charge in [0.25, 0.3) is 5.91 Å². The molecule has 2 aromatic rings. The number of thiophene rings is 1. The van der Waals surface area contributed by atoms with Gasteiger partial charge in [-0.25, -0.2) is 0 Å². The number of aliphatic hydroxyl groups excluding tert-OH is 1. The molecule has 3 rings (SSSR count). The van der Waals surface area contributed by atoms with Crippen LogP contribution in [-0.2, 0) is 0 Å². The van der Waals surface area contributed by atoms with Gasteiger partial charge in [0.05, 0.1) is 4.88 Å². The lowest BCUT2D eigenvalue weighted by Crippen LogP contribution is -2.29. The molecule has 1 aliphatic rings. The third kappa shape index (κ3) is 2.41. The van der Waals surface area contributed by atoms with Gasteiger partial charge in [0, 0.05) is 31.7 Å². The van der Waals surface area contributed by atoms with E-state index in [0.717, 1.165) is 11.3 Å². The van der Waals surface area contributed by atoms with Crippen LogP contribution in [0.25, 0.3) is 10.6 Å². The molecule has 0 radical (unpaired) electrons. The van der Waals surface area contributed by atoms with Gasteiger partial charge < -0.3 is 14.5 Å². The van der Waals surface area contributed by atoms with Crippen molar-refractivity contribution in [3.8, 4) is 10.6 Å². The van der Waals surface area contributed by atoms with E-state index in [9.17, 15) is 4.79 Å². The Morgan fingerprint density at radius 3 is 3.21 bits per heavy atom. The van der Waals surface area contributed by atoms with Crippen molar-refractivity contribution >= 4 is 17.2 Å². The number of hydrogen-bond donors (Lipinski definition) is 1. The van der Waals surface area contributed by atoms with Crippen molar-refractivity contribution in [1.29, 1.82) is 0 Å². The van der Waals surface area contributed by atoms with Crippen molar-refractivity contribution in [2.75, 3.05) is 19.7 Å². The summed E-state index contributed by atoms with van der Waals surface area (Å²) in [5, 5.41) is 14.9.